The van der Waals surface area contributed by atoms with Crippen LogP contribution in [0, 0.1) is 6.92 Å². The molecule has 3 rings (SSSR count). The number of nitrogens with zero attached hydrogens (tertiary/aromatic N) is 2. The highest BCUT2D eigenvalue weighted by atomic mass is 32.2. The minimum Gasteiger partial charge on any atom is -0.381 e. The van der Waals surface area contributed by atoms with E-state index in [9.17, 15) is 4.79 Å². The van der Waals surface area contributed by atoms with E-state index in [0.29, 0.717) is 6.54 Å². The highest BCUT2D eigenvalue weighted by molar-refractivity contribution is 8.02. The van der Waals surface area contributed by atoms with Crippen LogP contribution in [-0.2, 0) is 14.9 Å². The largest absolute Gasteiger partial charge is 0.381 e. The summed E-state index contributed by atoms with van der Waals surface area (Å²) >= 11 is 2.91. The molecule has 0 radical (unpaired) electrons. The summed E-state index contributed by atoms with van der Waals surface area (Å²) < 4.78 is 6.40. The number of thioether (sulfide) groups is 1. The number of amides is 1. The number of carbonyl (C=O) groups excluding carboxylic acids is 1. The van der Waals surface area contributed by atoms with Crippen molar-refractivity contribution < 1.29 is 9.53 Å². The van der Waals surface area contributed by atoms with Crippen LogP contribution in [0.1, 0.15) is 30.9 Å². The molecule has 1 aliphatic rings. The lowest BCUT2D eigenvalue weighted by atomic mass is 9.72. The van der Waals surface area contributed by atoms with Gasteiger partial charge in [0.05, 0.1) is 5.25 Å². The number of aromatic nitrogens is 2. The van der Waals surface area contributed by atoms with Gasteiger partial charge in [-0.15, -0.1) is 10.2 Å². The second-order valence-corrected chi connectivity index (χ2v) is 8.81. The Morgan fingerprint density at radius 3 is 2.84 bits per heavy atom. The van der Waals surface area contributed by atoms with Crippen LogP contribution in [0.5, 0.6) is 0 Å². The van der Waals surface area contributed by atoms with Crippen molar-refractivity contribution in [2.24, 2.45) is 0 Å². The number of hydrogen-bond acceptors (Lipinski definition) is 6. The Kier molecular flexibility index (Phi) is 6.09. The van der Waals surface area contributed by atoms with Crippen LogP contribution in [0.15, 0.2) is 34.1 Å². The molecule has 1 aromatic carbocycles. The van der Waals surface area contributed by atoms with Gasteiger partial charge in [0.25, 0.3) is 0 Å². The maximum Gasteiger partial charge on any atom is 0.233 e. The number of rotatable bonds is 6. The molecule has 0 saturated carbocycles. The fraction of sp³-hybridized carbons (Fsp3) is 0.500. The molecule has 5 nitrogen and oxygen atoms in total. The van der Waals surface area contributed by atoms with Crippen molar-refractivity contribution in [3.8, 4) is 0 Å². The Bertz CT molecular complexity index is 700. The number of benzene rings is 1. The lowest BCUT2D eigenvalue weighted by molar-refractivity contribution is -0.120. The third-order valence-electron chi connectivity index (χ3n) is 4.75. The number of carbonyl (C=O) groups is 1. The van der Waals surface area contributed by atoms with E-state index in [2.05, 4.69) is 46.7 Å². The smallest absolute Gasteiger partial charge is 0.233 e. The van der Waals surface area contributed by atoms with Crippen molar-refractivity contribution in [1.82, 2.24) is 15.5 Å². The molecule has 25 heavy (non-hydrogen) atoms. The number of nitrogens with one attached hydrogen (secondary N) is 1. The number of ether oxygens (including phenoxy) is 1. The molecule has 0 bridgehead atoms. The predicted octanol–water partition coefficient (Wildman–Crippen LogP) is 3.19. The van der Waals surface area contributed by atoms with Gasteiger partial charge in [-0.2, -0.15) is 0 Å². The first-order valence-electron chi connectivity index (χ1n) is 8.45. The molecule has 1 N–H and O–H groups in total. The molecule has 1 amide bonds. The molecular formula is C18H23N3O2S2. The summed E-state index contributed by atoms with van der Waals surface area (Å²) in [7, 11) is 0. The van der Waals surface area contributed by atoms with Crippen LogP contribution in [-0.4, -0.2) is 41.1 Å². The van der Waals surface area contributed by atoms with Gasteiger partial charge in [-0.3, -0.25) is 4.79 Å². The Hall–Kier alpha value is -1.44. The normalized spacial score (nSPS) is 17.8. The summed E-state index contributed by atoms with van der Waals surface area (Å²) in [4.78, 5) is 12.6. The average Bonchev–Trinajstić information content (AvgIpc) is 3.14. The highest BCUT2D eigenvalue weighted by Gasteiger charge is 2.36. The van der Waals surface area contributed by atoms with Gasteiger partial charge in [0, 0.05) is 25.2 Å². The Balaban J connectivity index is 1.69. The van der Waals surface area contributed by atoms with Gasteiger partial charge >= 0.3 is 0 Å². The summed E-state index contributed by atoms with van der Waals surface area (Å²) in [6.45, 7) is 6.16. The average molecular weight is 378 g/mol. The first-order valence-corrected chi connectivity index (χ1v) is 10.2. The molecule has 1 aromatic heterocycles. The van der Waals surface area contributed by atoms with E-state index in [1.807, 2.05) is 6.92 Å². The van der Waals surface area contributed by atoms with Crippen LogP contribution in [0.25, 0.3) is 0 Å². The fourth-order valence-electron chi connectivity index (χ4n) is 3.29. The molecule has 1 unspecified atom stereocenters. The Morgan fingerprint density at radius 1 is 1.40 bits per heavy atom. The van der Waals surface area contributed by atoms with Crippen molar-refractivity contribution in [2.45, 2.75) is 41.7 Å². The lowest BCUT2D eigenvalue weighted by Crippen LogP contribution is -2.46. The summed E-state index contributed by atoms with van der Waals surface area (Å²) in [6, 6.07) is 8.47. The molecule has 2 aromatic rings. The van der Waals surface area contributed by atoms with E-state index in [-0.39, 0.29) is 16.6 Å². The molecule has 1 saturated heterocycles. The topological polar surface area (TPSA) is 64.1 Å². The molecule has 2 heterocycles. The van der Waals surface area contributed by atoms with E-state index >= 15 is 0 Å². The van der Waals surface area contributed by atoms with Crippen molar-refractivity contribution >= 4 is 29.0 Å². The van der Waals surface area contributed by atoms with Crippen molar-refractivity contribution in [2.75, 3.05) is 19.8 Å². The van der Waals surface area contributed by atoms with Crippen LogP contribution in [0.3, 0.4) is 0 Å². The fourth-order valence-corrected chi connectivity index (χ4v) is 4.94. The van der Waals surface area contributed by atoms with Gasteiger partial charge in [0.2, 0.25) is 5.91 Å². The minimum absolute atomic E-state index is 0.0413. The summed E-state index contributed by atoms with van der Waals surface area (Å²) in [5.41, 5.74) is 4.23. The molecule has 1 atom stereocenters. The summed E-state index contributed by atoms with van der Waals surface area (Å²) in [5.74, 6) is 0.0413. The van der Waals surface area contributed by atoms with Gasteiger partial charge in [-0.25, -0.2) is 0 Å². The molecular weight excluding hydrogens is 354 g/mol. The van der Waals surface area contributed by atoms with E-state index in [4.69, 9.17) is 4.74 Å². The van der Waals surface area contributed by atoms with E-state index < -0.39 is 0 Å². The van der Waals surface area contributed by atoms with Gasteiger partial charge in [-0.05, 0) is 37.8 Å². The van der Waals surface area contributed by atoms with Crippen LogP contribution in [0.4, 0.5) is 0 Å². The molecule has 134 valence electrons. The second-order valence-electron chi connectivity index (χ2n) is 6.39. The maximum absolute atomic E-state index is 12.6. The first-order chi connectivity index (χ1) is 12.1. The number of aryl methyl sites for hydroxylation is 1. The second kappa shape index (κ2) is 8.29. The standard InChI is InChI=1S/C18H23N3O2S2/c1-13-5-3-4-6-15(13)18(7-9-23-10-8-18)11-19-16(22)14(2)25-17-21-20-12-24-17/h3-6,12,14H,7-11H2,1-2H3,(H,19,22). The van der Waals surface area contributed by atoms with Crippen molar-refractivity contribution in [3.05, 3.63) is 40.9 Å². The molecule has 1 fully saturated rings. The van der Waals surface area contributed by atoms with Gasteiger partial charge < -0.3 is 10.1 Å². The molecule has 0 aliphatic carbocycles. The van der Waals surface area contributed by atoms with Crippen LogP contribution < -0.4 is 5.32 Å². The zero-order valence-corrected chi connectivity index (χ0v) is 16.2. The third kappa shape index (κ3) is 4.40. The van der Waals surface area contributed by atoms with Crippen LogP contribution in [0.2, 0.25) is 0 Å². The third-order valence-corrected chi connectivity index (χ3v) is 6.67. The highest BCUT2D eigenvalue weighted by Crippen LogP contribution is 2.36. The number of hydrogen-bond donors (Lipinski definition) is 1. The van der Waals surface area contributed by atoms with E-state index in [1.165, 1.54) is 34.2 Å². The van der Waals surface area contributed by atoms with E-state index in [1.54, 1.807) is 5.51 Å². The summed E-state index contributed by atoms with van der Waals surface area (Å²) in [6.07, 6.45) is 1.85. The molecule has 0 spiro atoms. The van der Waals surface area contributed by atoms with E-state index in [0.717, 1.165) is 30.4 Å². The monoisotopic (exact) mass is 377 g/mol. The van der Waals surface area contributed by atoms with Gasteiger partial charge in [0.15, 0.2) is 4.34 Å². The maximum atomic E-state index is 12.6. The Morgan fingerprint density at radius 2 is 2.16 bits per heavy atom. The Labute approximate surface area is 156 Å². The van der Waals surface area contributed by atoms with Gasteiger partial charge in [0.1, 0.15) is 5.51 Å². The predicted molar refractivity (Wildman–Crippen MR) is 101 cm³/mol. The first kappa shape index (κ1) is 18.4. The zero-order chi connectivity index (χ0) is 17.7. The molecule has 7 heteroatoms. The zero-order valence-electron chi connectivity index (χ0n) is 14.5. The van der Waals surface area contributed by atoms with Crippen molar-refractivity contribution in [1.29, 1.82) is 0 Å². The minimum atomic E-state index is -0.193. The lowest BCUT2D eigenvalue weighted by Gasteiger charge is -2.39. The quantitative estimate of drug-likeness (QED) is 0.783. The van der Waals surface area contributed by atoms with Crippen molar-refractivity contribution in [3.63, 3.8) is 0 Å². The SMILES string of the molecule is Cc1ccccc1C1(CNC(=O)C(C)Sc2nncs2)CCOCC1. The molecule has 1 aliphatic heterocycles. The van der Waals surface area contributed by atoms with Crippen LogP contribution >= 0.6 is 23.1 Å². The summed E-state index contributed by atoms with van der Waals surface area (Å²) in [5, 5.41) is 10.8. The van der Waals surface area contributed by atoms with Gasteiger partial charge in [-0.1, -0.05) is 47.4 Å².